The van der Waals surface area contributed by atoms with Gasteiger partial charge < -0.3 is 8.92 Å². The zero-order valence-electron chi connectivity index (χ0n) is 13.6. The molecular formula is C15H12F6O5S. The fourth-order valence-corrected chi connectivity index (χ4v) is 3.18. The average Bonchev–Trinajstić information content (AvgIpc) is 2.56. The second-order valence-corrected chi connectivity index (χ2v) is 7.14. The molecule has 0 radical (unpaired) electrons. The summed E-state index contributed by atoms with van der Waals surface area (Å²) in [5, 5.41) is 0. The molecule has 0 bridgehead atoms. The SMILES string of the molecule is COC(=O)C1=C(OS(=O)(=O)C(F)(F)F)C[C@@H](c2cc(F)cc(F)c2F)CC1. The Morgan fingerprint density at radius 2 is 1.81 bits per heavy atom. The number of ether oxygens (including phenoxy) is 1. The fourth-order valence-electron chi connectivity index (χ4n) is 2.65. The van der Waals surface area contributed by atoms with Crippen LogP contribution in [0.5, 0.6) is 0 Å². The molecule has 2 rings (SSSR count). The third kappa shape index (κ3) is 4.37. The number of hydrogen-bond donors (Lipinski definition) is 0. The highest BCUT2D eigenvalue weighted by atomic mass is 32.2. The molecule has 12 heteroatoms. The monoisotopic (exact) mass is 418 g/mol. The normalized spacial score (nSPS) is 18.4. The molecule has 0 spiro atoms. The van der Waals surface area contributed by atoms with Crippen LogP contribution < -0.4 is 0 Å². The van der Waals surface area contributed by atoms with E-state index in [4.69, 9.17) is 0 Å². The van der Waals surface area contributed by atoms with Crippen molar-refractivity contribution in [2.75, 3.05) is 7.11 Å². The lowest BCUT2D eigenvalue weighted by atomic mass is 9.83. The second-order valence-electron chi connectivity index (χ2n) is 5.61. The fraction of sp³-hybridized carbons (Fsp3) is 0.400. The van der Waals surface area contributed by atoms with Gasteiger partial charge in [0, 0.05) is 12.5 Å². The molecule has 0 saturated heterocycles. The zero-order valence-corrected chi connectivity index (χ0v) is 14.4. The van der Waals surface area contributed by atoms with E-state index in [0.717, 1.165) is 7.11 Å². The molecule has 0 saturated carbocycles. The maximum absolute atomic E-state index is 14.0. The van der Waals surface area contributed by atoms with Crippen LogP contribution in [0.25, 0.3) is 0 Å². The highest BCUT2D eigenvalue weighted by molar-refractivity contribution is 7.87. The van der Waals surface area contributed by atoms with Crippen LogP contribution in [0.4, 0.5) is 26.3 Å². The van der Waals surface area contributed by atoms with E-state index in [2.05, 4.69) is 8.92 Å². The Balaban J connectivity index is 2.47. The quantitative estimate of drug-likeness (QED) is 0.245. The van der Waals surface area contributed by atoms with E-state index in [0.29, 0.717) is 6.07 Å². The van der Waals surface area contributed by atoms with Gasteiger partial charge in [-0.2, -0.15) is 21.6 Å². The number of rotatable bonds is 4. The number of halogens is 6. The molecule has 1 aromatic carbocycles. The summed E-state index contributed by atoms with van der Waals surface area (Å²) in [6.07, 6.45) is -1.17. The minimum absolute atomic E-state index is 0.108. The molecular weight excluding hydrogens is 406 g/mol. The molecule has 0 fully saturated rings. The molecule has 0 aliphatic heterocycles. The first-order valence-electron chi connectivity index (χ1n) is 7.33. The van der Waals surface area contributed by atoms with Gasteiger partial charge in [0.25, 0.3) is 0 Å². The summed E-state index contributed by atoms with van der Waals surface area (Å²) in [5.74, 6) is -7.25. The Morgan fingerprint density at radius 3 is 2.37 bits per heavy atom. The van der Waals surface area contributed by atoms with Gasteiger partial charge in [-0.15, -0.1) is 0 Å². The van der Waals surface area contributed by atoms with Crippen LogP contribution in [-0.4, -0.2) is 27.0 Å². The number of methoxy groups -OCH3 is 1. The molecule has 0 amide bonds. The van der Waals surface area contributed by atoms with Crippen LogP contribution in [0.3, 0.4) is 0 Å². The number of carbonyl (C=O) groups is 1. The Morgan fingerprint density at radius 1 is 1.19 bits per heavy atom. The molecule has 1 aliphatic carbocycles. The van der Waals surface area contributed by atoms with Gasteiger partial charge in [0.15, 0.2) is 11.6 Å². The van der Waals surface area contributed by atoms with E-state index in [9.17, 15) is 39.6 Å². The summed E-state index contributed by atoms with van der Waals surface area (Å²) >= 11 is 0. The number of allylic oxidation sites excluding steroid dienone is 1. The minimum Gasteiger partial charge on any atom is -0.466 e. The molecule has 0 N–H and O–H groups in total. The molecule has 1 atom stereocenters. The first-order valence-corrected chi connectivity index (χ1v) is 8.73. The van der Waals surface area contributed by atoms with Crippen LogP contribution in [0.1, 0.15) is 30.7 Å². The summed E-state index contributed by atoms with van der Waals surface area (Å²) in [6, 6.07) is 0.922. The van der Waals surface area contributed by atoms with Gasteiger partial charge in [-0.05, 0) is 30.4 Å². The largest absolute Gasteiger partial charge is 0.534 e. The van der Waals surface area contributed by atoms with Crippen molar-refractivity contribution < 1.29 is 48.5 Å². The highest BCUT2D eigenvalue weighted by Gasteiger charge is 2.49. The molecule has 0 aromatic heterocycles. The molecule has 0 heterocycles. The number of carbonyl (C=O) groups excluding carboxylic acids is 1. The Labute approximate surface area is 149 Å². The lowest BCUT2D eigenvalue weighted by Crippen LogP contribution is -2.28. The second kappa shape index (κ2) is 7.41. The third-order valence-electron chi connectivity index (χ3n) is 3.90. The van der Waals surface area contributed by atoms with Crippen LogP contribution >= 0.6 is 0 Å². The first-order chi connectivity index (χ1) is 12.4. The number of benzene rings is 1. The molecule has 5 nitrogen and oxygen atoms in total. The Hall–Kier alpha value is -2.24. The summed E-state index contributed by atoms with van der Waals surface area (Å²) in [6.45, 7) is 0. The standard InChI is InChI=1S/C15H12F6O5S/c1-25-14(22)9-3-2-7(10-5-8(16)6-11(17)13(10)18)4-12(9)26-27(23,24)15(19,20)21/h5-7H,2-4H2,1H3/t7-/m0/s1. The van der Waals surface area contributed by atoms with E-state index >= 15 is 0 Å². The van der Waals surface area contributed by atoms with E-state index in [1.165, 1.54) is 0 Å². The van der Waals surface area contributed by atoms with Gasteiger partial charge >= 0.3 is 21.6 Å². The zero-order chi connectivity index (χ0) is 20.6. The number of alkyl halides is 3. The van der Waals surface area contributed by atoms with Crippen molar-refractivity contribution in [1.82, 2.24) is 0 Å². The van der Waals surface area contributed by atoms with Crippen molar-refractivity contribution in [2.45, 2.75) is 30.7 Å². The summed E-state index contributed by atoms with van der Waals surface area (Å²) in [5.41, 5.74) is -6.77. The molecule has 1 aliphatic rings. The number of hydrogen-bond acceptors (Lipinski definition) is 5. The van der Waals surface area contributed by atoms with Gasteiger partial charge in [0.2, 0.25) is 0 Å². The molecule has 1 aromatic rings. The maximum atomic E-state index is 14.0. The van der Waals surface area contributed by atoms with Gasteiger partial charge in [0.1, 0.15) is 11.6 Å². The Kier molecular flexibility index (Phi) is 5.78. The molecule has 150 valence electrons. The summed E-state index contributed by atoms with van der Waals surface area (Å²) in [7, 11) is -5.20. The van der Waals surface area contributed by atoms with E-state index in [1.807, 2.05) is 0 Å². The molecule has 0 unspecified atom stereocenters. The lowest BCUT2D eigenvalue weighted by Gasteiger charge is -2.26. The van der Waals surface area contributed by atoms with Crippen molar-refractivity contribution >= 4 is 16.1 Å². The Bertz CT molecular complexity index is 891. The number of esters is 1. The third-order valence-corrected chi connectivity index (χ3v) is 4.89. The highest BCUT2D eigenvalue weighted by Crippen LogP contribution is 2.41. The topological polar surface area (TPSA) is 69.7 Å². The van der Waals surface area contributed by atoms with Crippen molar-refractivity contribution in [3.8, 4) is 0 Å². The van der Waals surface area contributed by atoms with Gasteiger partial charge in [0.05, 0.1) is 12.7 Å². The average molecular weight is 418 g/mol. The van der Waals surface area contributed by atoms with Crippen molar-refractivity contribution in [3.05, 3.63) is 46.5 Å². The van der Waals surface area contributed by atoms with Crippen LogP contribution in [0, 0.1) is 17.5 Å². The first kappa shape index (κ1) is 21.1. The predicted octanol–water partition coefficient (Wildman–Crippen LogP) is 3.66. The van der Waals surface area contributed by atoms with Gasteiger partial charge in [-0.25, -0.2) is 18.0 Å². The molecule has 27 heavy (non-hydrogen) atoms. The van der Waals surface area contributed by atoms with Crippen molar-refractivity contribution in [3.63, 3.8) is 0 Å². The lowest BCUT2D eigenvalue weighted by molar-refractivity contribution is -0.136. The summed E-state index contributed by atoms with van der Waals surface area (Å²) in [4.78, 5) is 11.7. The van der Waals surface area contributed by atoms with E-state index < -0.39 is 68.3 Å². The summed E-state index contributed by atoms with van der Waals surface area (Å²) < 4.78 is 109. The van der Waals surface area contributed by atoms with Crippen LogP contribution in [0.2, 0.25) is 0 Å². The van der Waals surface area contributed by atoms with Crippen LogP contribution in [-0.2, 0) is 23.8 Å². The van der Waals surface area contributed by atoms with Gasteiger partial charge in [-0.3, -0.25) is 0 Å². The minimum atomic E-state index is -6.11. The predicted molar refractivity (Wildman–Crippen MR) is 78.0 cm³/mol. The van der Waals surface area contributed by atoms with Gasteiger partial charge in [-0.1, -0.05) is 0 Å². The maximum Gasteiger partial charge on any atom is 0.534 e. The van der Waals surface area contributed by atoms with Crippen LogP contribution in [0.15, 0.2) is 23.5 Å². The smallest absolute Gasteiger partial charge is 0.466 e. The van der Waals surface area contributed by atoms with E-state index in [-0.39, 0.29) is 18.9 Å². The van der Waals surface area contributed by atoms with Crippen molar-refractivity contribution in [1.29, 1.82) is 0 Å². The van der Waals surface area contributed by atoms with E-state index in [1.54, 1.807) is 0 Å². The van der Waals surface area contributed by atoms with Crippen molar-refractivity contribution in [2.24, 2.45) is 0 Å².